The predicted molar refractivity (Wildman–Crippen MR) is 105 cm³/mol. The third kappa shape index (κ3) is 3.38. The number of nitrogens with zero attached hydrogens (tertiary/aromatic N) is 2. The van der Waals surface area contributed by atoms with E-state index >= 15 is 0 Å². The van der Waals surface area contributed by atoms with Crippen LogP contribution in [0.3, 0.4) is 0 Å². The third-order valence-corrected chi connectivity index (χ3v) is 5.97. The number of hydrogen-bond donors (Lipinski definition) is 0. The lowest BCUT2D eigenvalue weighted by Gasteiger charge is -2.28. The van der Waals surface area contributed by atoms with Crippen LogP contribution >= 0.6 is 0 Å². The van der Waals surface area contributed by atoms with E-state index in [0.29, 0.717) is 18.8 Å². The first-order chi connectivity index (χ1) is 13.3. The summed E-state index contributed by atoms with van der Waals surface area (Å²) < 4.78 is 30.1. The molecule has 1 aromatic heterocycles. The lowest BCUT2D eigenvalue weighted by Crippen LogP contribution is -2.29. The van der Waals surface area contributed by atoms with E-state index in [-0.39, 0.29) is 4.90 Å². The number of benzene rings is 2. The van der Waals surface area contributed by atoms with Crippen LogP contribution in [0.25, 0.3) is 11.3 Å². The van der Waals surface area contributed by atoms with E-state index in [1.165, 1.54) is 12.1 Å². The molecule has 0 amide bonds. The van der Waals surface area contributed by atoms with Crippen molar-refractivity contribution in [3.8, 4) is 11.3 Å². The normalized spacial score (nSPS) is 14.0. The topological polar surface area (TPSA) is 93.7 Å². The summed E-state index contributed by atoms with van der Waals surface area (Å²) in [5.41, 5.74) is 2.33. The Morgan fingerprint density at radius 2 is 1.86 bits per heavy atom. The molecule has 0 atom stereocenters. The van der Waals surface area contributed by atoms with Gasteiger partial charge in [-0.15, -0.1) is 0 Å². The average molecular weight is 398 g/mol. The van der Waals surface area contributed by atoms with Crippen LogP contribution < -0.4 is 4.90 Å². The lowest BCUT2D eigenvalue weighted by molar-refractivity contribution is -0.387. The molecule has 0 saturated carbocycles. The van der Waals surface area contributed by atoms with E-state index in [0.717, 1.165) is 35.3 Å². The first-order valence-corrected chi connectivity index (χ1v) is 10.6. The maximum Gasteiger partial charge on any atom is 0.288 e. The monoisotopic (exact) mass is 398 g/mol. The maximum atomic E-state index is 12.0. The van der Waals surface area contributed by atoms with Crippen LogP contribution in [0.5, 0.6) is 0 Å². The standard InChI is InChI=1S/C20H18N2O5S/c1-28(25,26)20-12-16(7-8-17(20)22(23)24)21-10-9-15-11-18(27-19(15)13-21)14-5-3-2-4-6-14/h2-8,11-12H,9-10,13H2,1H3. The van der Waals surface area contributed by atoms with Crippen molar-refractivity contribution >= 4 is 21.2 Å². The van der Waals surface area contributed by atoms with Crippen LogP contribution in [0, 0.1) is 10.1 Å². The maximum absolute atomic E-state index is 12.0. The molecule has 2 aromatic carbocycles. The number of nitro benzene ring substituents is 1. The molecule has 7 nitrogen and oxygen atoms in total. The minimum Gasteiger partial charge on any atom is -0.459 e. The summed E-state index contributed by atoms with van der Waals surface area (Å²) in [7, 11) is -3.72. The third-order valence-electron chi connectivity index (χ3n) is 4.85. The molecule has 3 aromatic rings. The second-order valence-electron chi connectivity index (χ2n) is 6.78. The molecule has 2 heterocycles. The molecule has 1 aliphatic heterocycles. The first-order valence-electron chi connectivity index (χ1n) is 8.73. The van der Waals surface area contributed by atoms with Gasteiger partial charge < -0.3 is 9.32 Å². The first kappa shape index (κ1) is 18.2. The lowest BCUT2D eigenvalue weighted by atomic mass is 10.1. The zero-order chi connectivity index (χ0) is 19.9. The fourth-order valence-corrected chi connectivity index (χ4v) is 4.29. The van der Waals surface area contributed by atoms with Crippen molar-refractivity contribution < 1.29 is 17.8 Å². The van der Waals surface area contributed by atoms with Gasteiger partial charge in [0.05, 0.1) is 11.5 Å². The highest BCUT2D eigenvalue weighted by Gasteiger charge is 2.26. The van der Waals surface area contributed by atoms with E-state index in [2.05, 4.69) is 0 Å². The van der Waals surface area contributed by atoms with Crippen molar-refractivity contribution in [3.63, 3.8) is 0 Å². The van der Waals surface area contributed by atoms with Gasteiger partial charge in [0, 0.05) is 30.1 Å². The van der Waals surface area contributed by atoms with Gasteiger partial charge in [0.1, 0.15) is 16.4 Å². The molecule has 0 aliphatic carbocycles. The van der Waals surface area contributed by atoms with Crippen molar-refractivity contribution in [2.45, 2.75) is 17.9 Å². The molecular formula is C20H18N2O5S. The predicted octanol–water partition coefficient (Wildman–Crippen LogP) is 3.82. The highest BCUT2D eigenvalue weighted by Crippen LogP contribution is 2.34. The summed E-state index contributed by atoms with van der Waals surface area (Å²) in [6.07, 6.45) is 1.73. The van der Waals surface area contributed by atoms with Crippen LogP contribution in [0.1, 0.15) is 11.3 Å². The zero-order valence-corrected chi connectivity index (χ0v) is 16.0. The van der Waals surface area contributed by atoms with Gasteiger partial charge in [0.25, 0.3) is 5.69 Å². The van der Waals surface area contributed by atoms with Gasteiger partial charge in [-0.3, -0.25) is 10.1 Å². The minimum absolute atomic E-state index is 0.273. The summed E-state index contributed by atoms with van der Waals surface area (Å²) in [6.45, 7) is 1.14. The van der Waals surface area contributed by atoms with Crippen LogP contribution in [-0.4, -0.2) is 26.1 Å². The highest BCUT2D eigenvalue weighted by atomic mass is 32.2. The highest BCUT2D eigenvalue weighted by molar-refractivity contribution is 7.90. The smallest absolute Gasteiger partial charge is 0.288 e. The van der Waals surface area contributed by atoms with Gasteiger partial charge in [0.2, 0.25) is 0 Å². The molecule has 144 valence electrons. The van der Waals surface area contributed by atoms with E-state index in [4.69, 9.17) is 4.42 Å². The Kier molecular flexibility index (Phi) is 4.43. The summed E-state index contributed by atoms with van der Waals surface area (Å²) in [6, 6.07) is 16.1. The molecule has 0 bridgehead atoms. The molecule has 28 heavy (non-hydrogen) atoms. The molecule has 0 unspecified atom stereocenters. The average Bonchev–Trinajstić information content (AvgIpc) is 3.11. The molecule has 0 spiro atoms. The Hall–Kier alpha value is -3.13. The van der Waals surface area contributed by atoms with Gasteiger partial charge in [-0.05, 0) is 30.2 Å². The van der Waals surface area contributed by atoms with E-state index < -0.39 is 20.4 Å². The van der Waals surface area contributed by atoms with Gasteiger partial charge in [-0.2, -0.15) is 0 Å². The van der Waals surface area contributed by atoms with Gasteiger partial charge in [0.15, 0.2) is 9.84 Å². The summed E-state index contributed by atoms with van der Waals surface area (Å²) >= 11 is 0. The zero-order valence-electron chi connectivity index (χ0n) is 15.2. The fourth-order valence-electron chi connectivity index (χ4n) is 3.43. The van der Waals surface area contributed by atoms with Crippen LogP contribution in [-0.2, 0) is 22.8 Å². The van der Waals surface area contributed by atoms with E-state index in [9.17, 15) is 18.5 Å². The summed E-state index contributed by atoms with van der Waals surface area (Å²) in [5, 5.41) is 11.2. The van der Waals surface area contributed by atoms with Gasteiger partial charge >= 0.3 is 0 Å². The number of hydrogen-bond acceptors (Lipinski definition) is 6. The molecule has 0 radical (unpaired) electrons. The number of fused-ring (bicyclic) bond motifs is 1. The fraction of sp³-hybridized carbons (Fsp3) is 0.200. The quantitative estimate of drug-likeness (QED) is 0.490. The Morgan fingerprint density at radius 3 is 2.54 bits per heavy atom. The molecule has 4 rings (SSSR count). The van der Waals surface area contributed by atoms with Crippen molar-refractivity contribution in [1.29, 1.82) is 0 Å². The number of nitro groups is 1. The van der Waals surface area contributed by atoms with E-state index in [1.54, 1.807) is 6.07 Å². The number of rotatable bonds is 4. The van der Waals surface area contributed by atoms with Crippen LogP contribution in [0.4, 0.5) is 11.4 Å². The van der Waals surface area contributed by atoms with Crippen molar-refractivity contribution in [1.82, 2.24) is 0 Å². The molecule has 0 N–H and O–H groups in total. The number of anilines is 1. The van der Waals surface area contributed by atoms with E-state index in [1.807, 2.05) is 41.3 Å². The molecule has 0 saturated heterocycles. The van der Waals surface area contributed by atoms with Crippen LogP contribution in [0.2, 0.25) is 0 Å². The molecular weight excluding hydrogens is 380 g/mol. The van der Waals surface area contributed by atoms with Crippen molar-refractivity contribution in [3.05, 3.63) is 76.0 Å². The molecule has 8 heteroatoms. The van der Waals surface area contributed by atoms with Gasteiger partial charge in [-0.25, -0.2) is 8.42 Å². The Morgan fingerprint density at radius 1 is 1.11 bits per heavy atom. The number of sulfone groups is 1. The number of furan rings is 1. The van der Waals surface area contributed by atoms with Crippen molar-refractivity contribution in [2.24, 2.45) is 0 Å². The van der Waals surface area contributed by atoms with Gasteiger partial charge in [-0.1, -0.05) is 30.3 Å². The largest absolute Gasteiger partial charge is 0.459 e. The molecule has 0 fully saturated rings. The van der Waals surface area contributed by atoms with Crippen LogP contribution in [0.15, 0.2) is 63.9 Å². The second-order valence-corrected chi connectivity index (χ2v) is 8.76. The second kappa shape index (κ2) is 6.79. The SMILES string of the molecule is CS(=O)(=O)c1cc(N2CCc3cc(-c4ccccc4)oc3C2)ccc1[N+](=O)[O-]. The Balaban J connectivity index is 1.66. The molecule has 1 aliphatic rings. The Bertz CT molecular complexity index is 1150. The van der Waals surface area contributed by atoms with Crippen molar-refractivity contribution in [2.75, 3.05) is 17.7 Å². The minimum atomic E-state index is -3.72. The summed E-state index contributed by atoms with van der Waals surface area (Å²) in [4.78, 5) is 12.2. The summed E-state index contributed by atoms with van der Waals surface area (Å²) in [5.74, 6) is 1.62. The Labute approximate surface area is 162 Å².